The molecule has 0 saturated carbocycles. The van der Waals surface area contributed by atoms with Crippen molar-refractivity contribution in [3.05, 3.63) is 72.1 Å². The van der Waals surface area contributed by atoms with Crippen LogP contribution >= 0.6 is 0 Å². The number of nitrogens with zero attached hydrogens (tertiary/aromatic N) is 2. The third-order valence-electron chi connectivity index (χ3n) is 4.79. The average Bonchev–Trinajstić information content (AvgIpc) is 3.05. The van der Waals surface area contributed by atoms with Crippen LogP contribution in [0.1, 0.15) is 22.2 Å². The van der Waals surface area contributed by atoms with E-state index in [1.807, 2.05) is 36.4 Å². The number of carbonyl (C=O) groups is 1. The van der Waals surface area contributed by atoms with Crippen LogP contribution in [0.3, 0.4) is 0 Å². The topological polar surface area (TPSA) is 72.9 Å². The molecule has 29 heavy (non-hydrogen) atoms. The minimum absolute atomic E-state index is 0.131. The molecule has 148 valence electrons. The van der Waals surface area contributed by atoms with E-state index in [1.54, 1.807) is 50.6 Å². The van der Waals surface area contributed by atoms with Gasteiger partial charge in [0.05, 0.1) is 38.3 Å². The summed E-state index contributed by atoms with van der Waals surface area (Å²) in [5.74, 6) is 1.82. The second kappa shape index (κ2) is 7.71. The van der Waals surface area contributed by atoms with Gasteiger partial charge >= 0.3 is 0 Å². The van der Waals surface area contributed by atoms with Gasteiger partial charge in [-0.1, -0.05) is 6.07 Å². The Bertz CT molecular complexity index is 1030. The largest absolute Gasteiger partial charge is 0.497 e. The van der Waals surface area contributed by atoms with E-state index in [4.69, 9.17) is 14.2 Å². The van der Waals surface area contributed by atoms with Crippen LogP contribution in [0.4, 0.5) is 11.4 Å². The molecule has 1 N–H and O–H groups in total. The lowest BCUT2D eigenvalue weighted by Gasteiger charge is -2.27. The third-order valence-corrected chi connectivity index (χ3v) is 4.79. The zero-order valence-electron chi connectivity index (χ0n) is 16.4. The summed E-state index contributed by atoms with van der Waals surface area (Å²) >= 11 is 0. The van der Waals surface area contributed by atoms with Crippen molar-refractivity contribution in [3.63, 3.8) is 0 Å². The van der Waals surface area contributed by atoms with Crippen LogP contribution in [0.5, 0.6) is 17.2 Å². The maximum atomic E-state index is 13.2. The molecule has 1 aliphatic rings. The highest BCUT2D eigenvalue weighted by atomic mass is 16.5. The molecule has 1 aromatic heterocycles. The van der Waals surface area contributed by atoms with Crippen LogP contribution in [-0.4, -0.2) is 32.2 Å². The number of carbonyl (C=O) groups excluding carboxylic acids is 1. The predicted octanol–water partition coefficient (Wildman–Crippen LogP) is 3.88. The fourth-order valence-corrected chi connectivity index (χ4v) is 3.39. The molecular formula is C22H21N3O4. The van der Waals surface area contributed by atoms with Crippen LogP contribution in [0.2, 0.25) is 0 Å². The van der Waals surface area contributed by atoms with E-state index in [-0.39, 0.29) is 5.91 Å². The predicted molar refractivity (Wildman–Crippen MR) is 110 cm³/mol. The number of aromatic nitrogens is 1. The Morgan fingerprint density at radius 1 is 0.897 bits per heavy atom. The van der Waals surface area contributed by atoms with E-state index in [1.165, 1.54) is 0 Å². The first kappa shape index (κ1) is 18.6. The zero-order valence-corrected chi connectivity index (χ0v) is 16.4. The smallest absolute Gasteiger partial charge is 0.262 e. The van der Waals surface area contributed by atoms with E-state index in [0.29, 0.717) is 34.2 Å². The molecule has 7 nitrogen and oxygen atoms in total. The van der Waals surface area contributed by atoms with E-state index < -0.39 is 6.17 Å². The standard InChI is InChI=1S/C22H21N3O4/c1-27-16-7-4-6-15(12-16)25-21(20-19(22(25)26)8-5-9-23-20)24-14-10-17(28-2)13-18(11-14)29-3/h4-13,21,24H,1-3H3/t21-/m1/s1. The lowest BCUT2D eigenvalue weighted by molar-refractivity contribution is 0.0993. The monoisotopic (exact) mass is 391 g/mol. The fraction of sp³-hybridized carbons (Fsp3) is 0.182. The Hall–Kier alpha value is -3.74. The number of benzene rings is 2. The molecular weight excluding hydrogens is 370 g/mol. The minimum Gasteiger partial charge on any atom is -0.497 e. The first-order chi connectivity index (χ1) is 14.1. The van der Waals surface area contributed by atoms with Crippen molar-refractivity contribution in [2.24, 2.45) is 0 Å². The summed E-state index contributed by atoms with van der Waals surface area (Å²) in [6.07, 6.45) is 1.18. The highest BCUT2D eigenvalue weighted by Crippen LogP contribution is 2.39. The van der Waals surface area contributed by atoms with Gasteiger partial charge in [-0.2, -0.15) is 0 Å². The molecule has 0 bridgehead atoms. The van der Waals surface area contributed by atoms with Gasteiger partial charge in [-0.15, -0.1) is 0 Å². The van der Waals surface area contributed by atoms with Crippen LogP contribution < -0.4 is 24.4 Å². The van der Waals surface area contributed by atoms with Gasteiger partial charge in [0, 0.05) is 36.1 Å². The molecule has 1 aliphatic heterocycles. The Kier molecular flexibility index (Phi) is 4.95. The number of ether oxygens (including phenoxy) is 3. The molecule has 7 heteroatoms. The van der Waals surface area contributed by atoms with Crippen molar-refractivity contribution in [2.45, 2.75) is 6.17 Å². The highest BCUT2D eigenvalue weighted by molar-refractivity contribution is 6.11. The van der Waals surface area contributed by atoms with Crippen molar-refractivity contribution in [3.8, 4) is 17.2 Å². The van der Waals surface area contributed by atoms with Crippen molar-refractivity contribution in [2.75, 3.05) is 31.5 Å². The maximum absolute atomic E-state index is 13.2. The maximum Gasteiger partial charge on any atom is 0.262 e. The van der Waals surface area contributed by atoms with Crippen LogP contribution in [0.25, 0.3) is 0 Å². The molecule has 4 rings (SSSR count). The fourth-order valence-electron chi connectivity index (χ4n) is 3.39. The molecule has 0 unspecified atom stereocenters. The number of methoxy groups -OCH3 is 3. The van der Waals surface area contributed by atoms with Gasteiger partial charge in [0.1, 0.15) is 17.2 Å². The Labute approximate surface area is 168 Å². The van der Waals surface area contributed by atoms with Gasteiger partial charge in [-0.3, -0.25) is 14.7 Å². The number of amides is 1. The molecule has 0 fully saturated rings. The third kappa shape index (κ3) is 3.42. The molecule has 0 radical (unpaired) electrons. The number of fused-ring (bicyclic) bond motifs is 1. The molecule has 2 aromatic carbocycles. The summed E-state index contributed by atoms with van der Waals surface area (Å²) in [5, 5.41) is 3.40. The number of hydrogen-bond acceptors (Lipinski definition) is 6. The summed E-state index contributed by atoms with van der Waals surface area (Å²) < 4.78 is 16.1. The average molecular weight is 391 g/mol. The van der Waals surface area contributed by atoms with Crippen LogP contribution in [0, 0.1) is 0 Å². The minimum atomic E-state index is -0.498. The number of pyridine rings is 1. The normalized spacial score (nSPS) is 15.1. The Morgan fingerprint density at radius 3 is 2.31 bits per heavy atom. The van der Waals surface area contributed by atoms with Crippen LogP contribution in [0.15, 0.2) is 60.8 Å². The summed E-state index contributed by atoms with van der Waals surface area (Å²) in [7, 11) is 4.79. The second-order valence-corrected chi connectivity index (χ2v) is 6.46. The van der Waals surface area contributed by atoms with Crippen LogP contribution in [-0.2, 0) is 0 Å². The van der Waals surface area contributed by atoms with E-state index >= 15 is 0 Å². The summed E-state index contributed by atoms with van der Waals surface area (Å²) in [6.45, 7) is 0. The molecule has 0 saturated heterocycles. The summed E-state index contributed by atoms with van der Waals surface area (Å²) in [4.78, 5) is 19.3. The first-order valence-corrected chi connectivity index (χ1v) is 9.06. The van der Waals surface area contributed by atoms with Gasteiger partial charge in [0.15, 0.2) is 6.17 Å². The number of hydrogen-bond donors (Lipinski definition) is 1. The molecule has 1 amide bonds. The molecule has 0 spiro atoms. The lowest BCUT2D eigenvalue weighted by atomic mass is 10.2. The lowest BCUT2D eigenvalue weighted by Crippen LogP contribution is -2.32. The Morgan fingerprint density at radius 2 is 1.62 bits per heavy atom. The number of nitrogens with one attached hydrogen (secondary N) is 1. The van der Waals surface area contributed by atoms with Gasteiger partial charge in [0.25, 0.3) is 5.91 Å². The molecule has 2 heterocycles. The number of anilines is 2. The quantitative estimate of drug-likeness (QED) is 0.688. The Balaban J connectivity index is 1.78. The first-order valence-electron chi connectivity index (χ1n) is 9.06. The van der Waals surface area contributed by atoms with Gasteiger partial charge in [0.2, 0.25) is 0 Å². The van der Waals surface area contributed by atoms with Crippen molar-refractivity contribution >= 4 is 17.3 Å². The summed E-state index contributed by atoms with van der Waals surface area (Å²) in [6, 6.07) is 16.4. The van der Waals surface area contributed by atoms with E-state index in [0.717, 1.165) is 5.69 Å². The second-order valence-electron chi connectivity index (χ2n) is 6.46. The van der Waals surface area contributed by atoms with E-state index in [2.05, 4.69) is 10.3 Å². The number of rotatable bonds is 6. The highest BCUT2D eigenvalue weighted by Gasteiger charge is 2.39. The molecule has 0 aliphatic carbocycles. The van der Waals surface area contributed by atoms with Crippen molar-refractivity contribution < 1.29 is 19.0 Å². The van der Waals surface area contributed by atoms with Crippen molar-refractivity contribution in [1.82, 2.24) is 4.98 Å². The van der Waals surface area contributed by atoms with E-state index in [9.17, 15) is 4.79 Å². The summed E-state index contributed by atoms with van der Waals surface area (Å²) in [5.41, 5.74) is 2.66. The van der Waals surface area contributed by atoms with Crippen molar-refractivity contribution in [1.29, 1.82) is 0 Å². The van der Waals surface area contributed by atoms with Gasteiger partial charge in [-0.25, -0.2) is 0 Å². The molecule has 1 atom stereocenters. The molecule has 3 aromatic rings. The zero-order chi connectivity index (χ0) is 20.4. The van der Waals surface area contributed by atoms with Gasteiger partial charge in [-0.05, 0) is 24.3 Å². The van der Waals surface area contributed by atoms with Gasteiger partial charge < -0.3 is 19.5 Å². The SMILES string of the molecule is COc1cc(N[C@H]2c3ncccc3C(=O)N2c2cccc(OC)c2)cc(OC)c1.